The van der Waals surface area contributed by atoms with Crippen LogP contribution in [-0.2, 0) is 11.3 Å². The highest BCUT2D eigenvalue weighted by Crippen LogP contribution is 2.14. The SMILES string of the molecule is O=C(NCCC(=O)N1CCN(Cc2cccc(Cl)c2)CC1)c1ccc(Cl)cc1. The third kappa shape index (κ3) is 5.96. The molecule has 0 radical (unpaired) electrons. The van der Waals surface area contributed by atoms with Gasteiger partial charge < -0.3 is 10.2 Å². The molecule has 1 fully saturated rings. The van der Waals surface area contributed by atoms with Gasteiger partial charge in [0.2, 0.25) is 5.91 Å². The molecular weight excluding hydrogens is 397 g/mol. The van der Waals surface area contributed by atoms with E-state index in [9.17, 15) is 9.59 Å². The van der Waals surface area contributed by atoms with Crippen LogP contribution in [0.25, 0.3) is 0 Å². The van der Waals surface area contributed by atoms with Gasteiger partial charge in [0, 0.05) is 61.3 Å². The molecule has 0 atom stereocenters. The summed E-state index contributed by atoms with van der Waals surface area (Å²) in [7, 11) is 0. The van der Waals surface area contributed by atoms with Gasteiger partial charge >= 0.3 is 0 Å². The van der Waals surface area contributed by atoms with Gasteiger partial charge in [0.15, 0.2) is 0 Å². The molecule has 1 heterocycles. The minimum Gasteiger partial charge on any atom is -0.352 e. The zero-order valence-corrected chi connectivity index (χ0v) is 17.0. The van der Waals surface area contributed by atoms with Crippen LogP contribution in [0.3, 0.4) is 0 Å². The first kappa shape index (κ1) is 20.6. The lowest BCUT2D eigenvalue weighted by Crippen LogP contribution is -2.48. The first-order valence-electron chi connectivity index (χ1n) is 9.29. The number of benzene rings is 2. The number of amides is 2. The zero-order valence-electron chi connectivity index (χ0n) is 15.5. The van der Waals surface area contributed by atoms with Crippen molar-refractivity contribution in [2.45, 2.75) is 13.0 Å². The average molecular weight is 420 g/mol. The molecular formula is C21H23Cl2N3O2. The van der Waals surface area contributed by atoms with Crippen LogP contribution in [0.15, 0.2) is 48.5 Å². The van der Waals surface area contributed by atoms with Crippen LogP contribution in [-0.4, -0.2) is 54.3 Å². The normalized spacial score (nSPS) is 14.7. The molecule has 1 aliphatic heterocycles. The van der Waals surface area contributed by atoms with E-state index in [1.54, 1.807) is 24.3 Å². The van der Waals surface area contributed by atoms with E-state index in [0.717, 1.165) is 24.7 Å². The van der Waals surface area contributed by atoms with Crippen LogP contribution in [0.2, 0.25) is 10.0 Å². The van der Waals surface area contributed by atoms with Gasteiger partial charge in [-0.05, 0) is 42.0 Å². The molecule has 0 aliphatic carbocycles. The number of hydrogen-bond donors (Lipinski definition) is 1. The molecule has 0 spiro atoms. The second-order valence-corrected chi connectivity index (χ2v) is 7.67. The number of nitrogens with one attached hydrogen (secondary N) is 1. The van der Waals surface area contributed by atoms with Gasteiger partial charge in [-0.25, -0.2) is 0 Å². The van der Waals surface area contributed by atoms with Crippen molar-refractivity contribution in [1.29, 1.82) is 0 Å². The molecule has 1 aliphatic rings. The number of carbonyl (C=O) groups is 2. The maximum atomic E-state index is 12.4. The Morgan fingerprint density at radius 3 is 2.32 bits per heavy atom. The quantitative estimate of drug-likeness (QED) is 0.779. The summed E-state index contributed by atoms with van der Waals surface area (Å²) in [4.78, 5) is 28.6. The Balaban J connectivity index is 1.38. The molecule has 28 heavy (non-hydrogen) atoms. The van der Waals surface area contributed by atoms with Crippen molar-refractivity contribution in [3.8, 4) is 0 Å². The molecule has 3 rings (SSSR count). The van der Waals surface area contributed by atoms with Crippen LogP contribution in [0, 0.1) is 0 Å². The number of nitrogens with zero attached hydrogens (tertiary/aromatic N) is 2. The molecule has 1 saturated heterocycles. The number of rotatable bonds is 6. The zero-order chi connectivity index (χ0) is 19.9. The first-order chi connectivity index (χ1) is 13.5. The van der Waals surface area contributed by atoms with Crippen molar-refractivity contribution < 1.29 is 9.59 Å². The van der Waals surface area contributed by atoms with Crippen molar-refractivity contribution in [2.24, 2.45) is 0 Å². The van der Waals surface area contributed by atoms with E-state index >= 15 is 0 Å². The van der Waals surface area contributed by atoms with Gasteiger partial charge in [-0.3, -0.25) is 14.5 Å². The minimum absolute atomic E-state index is 0.0683. The van der Waals surface area contributed by atoms with Gasteiger partial charge in [-0.2, -0.15) is 0 Å². The molecule has 1 N–H and O–H groups in total. The van der Waals surface area contributed by atoms with Crippen molar-refractivity contribution in [1.82, 2.24) is 15.1 Å². The number of halogens is 2. The first-order valence-corrected chi connectivity index (χ1v) is 10.1. The standard InChI is InChI=1S/C21H23Cl2N3O2/c22-18-6-4-17(5-7-18)21(28)24-9-8-20(27)26-12-10-25(11-13-26)15-16-2-1-3-19(23)14-16/h1-7,14H,8-13,15H2,(H,24,28). The van der Waals surface area contributed by atoms with Crippen LogP contribution in [0.4, 0.5) is 0 Å². The number of carbonyl (C=O) groups excluding carboxylic acids is 2. The predicted molar refractivity (Wildman–Crippen MR) is 112 cm³/mol. The monoisotopic (exact) mass is 419 g/mol. The Bertz CT molecular complexity index is 819. The molecule has 5 nitrogen and oxygen atoms in total. The van der Waals surface area contributed by atoms with Crippen molar-refractivity contribution >= 4 is 35.0 Å². The van der Waals surface area contributed by atoms with Gasteiger partial charge in [-0.15, -0.1) is 0 Å². The van der Waals surface area contributed by atoms with E-state index in [-0.39, 0.29) is 11.8 Å². The summed E-state index contributed by atoms with van der Waals surface area (Å²) in [5.74, 6) is -0.130. The highest BCUT2D eigenvalue weighted by atomic mass is 35.5. The van der Waals surface area contributed by atoms with Crippen LogP contribution in [0.5, 0.6) is 0 Å². The van der Waals surface area contributed by atoms with E-state index in [1.165, 1.54) is 5.56 Å². The summed E-state index contributed by atoms with van der Waals surface area (Å²) < 4.78 is 0. The van der Waals surface area contributed by atoms with Crippen molar-refractivity contribution in [2.75, 3.05) is 32.7 Å². The van der Waals surface area contributed by atoms with Crippen molar-refractivity contribution in [3.05, 3.63) is 69.7 Å². The summed E-state index contributed by atoms with van der Waals surface area (Å²) in [6, 6.07) is 14.5. The Morgan fingerprint density at radius 1 is 0.929 bits per heavy atom. The van der Waals surface area contributed by atoms with E-state index < -0.39 is 0 Å². The fraction of sp³-hybridized carbons (Fsp3) is 0.333. The highest BCUT2D eigenvalue weighted by Gasteiger charge is 2.21. The van der Waals surface area contributed by atoms with E-state index in [1.807, 2.05) is 23.1 Å². The maximum absolute atomic E-state index is 12.4. The lowest BCUT2D eigenvalue weighted by molar-refractivity contribution is -0.132. The highest BCUT2D eigenvalue weighted by molar-refractivity contribution is 6.30. The minimum atomic E-state index is -0.198. The number of hydrogen-bond acceptors (Lipinski definition) is 3. The molecule has 7 heteroatoms. The largest absolute Gasteiger partial charge is 0.352 e. The van der Waals surface area contributed by atoms with Crippen LogP contribution >= 0.6 is 23.2 Å². The fourth-order valence-electron chi connectivity index (χ4n) is 3.19. The van der Waals surface area contributed by atoms with E-state index in [0.29, 0.717) is 36.6 Å². The molecule has 0 aromatic heterocycles. The summed E-state index contributed by atoms with van der Waals surface area (Å²) in [5.41, 5.74) is 1.71. The summed E-state index contributed by atoms with van der Waals surface area (Å²) in [6.07, 6.45) is 0.299. The maximum Gasteiger partial charge on any atom is 0.251 e. The average Bonchev–Trinajstić information content (AvgIpc) is 2.69. The van der Waals surface area contributed by atoms with Gasteiger partial charge in [0.25, 0.3) is 5.91 Å². The van der Waals surface area contributed by atoms with Crippen molar-refractivity contribution in [3.63, 3.8) is 0 Å². The summed E-state index contributed by atoms with van der Waals surface area (Å²) in [6.45, 7) is 4.21. The second-order valence-electron chi connectivity index (χ2n) is 6.80. The fourth-order valence-corrected chi connectivity index (χ4v) is 3.53. The summed E-state index contributed by atoms with van der Waals surface area (Å²) in [5, 5.41) is 4.11. The lowest BCUT2D eigenvalue weighted by atomic mass is 10.2. The van der Waals surface area contributed by atoms with E-state index in [2.05, 4.69) is 16.3 Å². The third-order valence-corrected chi connectivity index (χ3v) is 5.24. The Hall–Kier alpha value is -2.08. The molecule has 148 valence electrons. The lowest BCUT2D eigenvalue weighted by Gasteiger charge is -2.34. The Labute approximate surface area is 175 Å². The molecule has 0 unspecified atom stereocenters. The van der Waals surface area contributed by atoms with Gasteiger partial charge in [-0.1, -0.05) is 35.3 Å². The molecule has 0 bridgehead atoms. The molecule has 2 aromatic rings. The Kier molecular flexibility index (Phi) is 7.31. The topological polar surface area (TPSA) is 52.7 Å². The number of piperazine rings is 1. The molecule has 2 aromatic carbocycles. The van der Waals surface area contributed by atoms with E-state index in [4.69, 9.17) is 23.2 Å². The molecule has 0 saturated carbocycles. The predicted octanol–water partition coefficient (Wildman–Crippen LogP) is 3.46. The Morgan fingerprint density at radius 2 is 1.64 bits per heavy atom. The molecule has 2 amide bonds. The summed E-state index contributed by atoms with van der Waals surface area (Å²) >= 11 is 11.9. The third-order valence-electron chi connectivity index (χ3n) is 4.75. The van der Waals surface area contributed by atoms with Gasteiger partial charge in [0.05, 0.1) is 0 Å². The second kappa shape index (κ2) is 9.92. The van der Waals surface area contributed by atoms with Crippen LogP contribution in [0.1, 0.15) is 22.3 Å². The smallest absolute Gasteiger partial charge is 0.251 e. The van der Waals surface area contributed by atoms with Crippen LogP contribution < -0.4 is 5.32 Å². The van der Waals surface area contributed by atoms with Gasteiger partial charge in [0.1, 0.15) is 0 Å².